The molecule has 3 heteroatoms. The fourth-order valence-corrected chi connectivity index (χ4v) is 1.08. The molecule has 0 saturated carbocycles. The quantitative estimate of drug-likeness (QED) is 0.473. The van der Waals surface area contributed by atoms with Gasteiger partial charge in [-0.1, -0.05) is 0 Å². The molecule has 3 nitrogen and oxygen atoms in total. The highest BCUT2D eigenvalue weighted by Crippen LogP contribution is 1.89. The van der Waals surface area contributed by atoms with Crippen LogP contribution in [0.1, 0.15) is 13.3 Å². The van der Waals surface area contributed by atoms with Crippen molar-refractivity contribution < 1.29 is 0 Å². The molecule has 1 unspecified atom stereocenters. The van der Waals surface area contributed by atoms with Gasteiger partial charge in [0.15, 0.2) is 0 Å². The second-order valence-corrected chi connectivity index (χ2v) is 2.58. The zero-order valence-corrected chi connectivity index (χ0v) is 6.15. The minimum atomic E-state index is 0.428. The van der Waals surface area contributed by atoms with Crippen molar-refractivity contribution in [2.75, 3.05) is 20.1 Å². The zero-order valence-electron chi connectivity index (χ0n) is 6.15. The van der Waals surface area contributed by atoms with E-state index in [2.05, 4.69) is 29.7 Å². The van der Waals surface area contributed by atoms with E-state index >= 15 is 0 Å². The van der Waals surface area contributed by atoms with E-state index in [1.54, 1.807) is 0 Å². The molecule has 0 spiro atoms. The maximum atomic E-state index is 3.32. The molecule has 1 heterocycles. The van der Waals surface area contributed by atoms with Gasteiger partial charge in [-0.25, -0.2) is 10.4 Å². The van der Waals surface area contributed by atoms with Crippen molar-refractivity contribution in [2.24, 2.45) is 0 Å². The molecule has 1 aliphatic heterocycles. The number of hydrazine groups is 1. The van der Waals surface area contributed by atoms with E-state index in [9.17, 15) is 0 Å². The molecule has 2 N–H and O–H groups in total. The lowest BCUT2D eigenvalue weighted by atomic mass is 10.4. The molecule has 0 amide bonds. The third-order valence-corrected chi connectivity index (χ3v) is 1.53. The highest BCUT2D eigenvalue weighted by atomic mass is 15.5. The Morgan fingerprint density at radius 1 is 1.56 bits per heavy atom. The number of hydrogen-bond donors (Lipinski definition) is 2. The average molecular weight is 129 g/mol. The summed E-state index contributed by atoms with van der Waals surface area (Å²) in [7, 11) is 2.07. The summed E-state index contributed by atoms with van der Waals surface area (Å²) in [4.78, 5) is 0. The predicted molar refractivity (Wildman–Crippen MR) is 37.8 cm³/mol. The van der Waals surface area contributed by atoms with Gasteiger partial charge in [0, 0.05) is 13.6 Å². The first kappa shape index (κ1) is 6.99. The van der Waals surface area contributed by atoms with E-state index in [0.717, 1.165) is 13.1 Å². The van der Waals surface area contributed by atoms with Crippen molar-refractivity contribution in [2.45, 2.75) is 19.5 Å². The molecule has 1 aliphatic rings. The molecule has 1 rings (SSSR count). The van der Waals surface area contributed by atoms with E-state index in [4.69, 9.17) is 0 Å². The molecule has 0 aromatic rings. The lowest BCUT2D eigenvalue weighted by molar-refractivity contribution is 0.214. The molecule has 54 valence electrons. The van der Waals surface area contributed by atoms with Crippen molar-refractivity contribution >= 4 is 0 Å². The van der Waals surface area contributed by atoms with E-state index in [1.807, 2.05) is 0 Å². The van der Waals surface area contributed by atoms with Crippen LogP contribution in [0.2, 0.25) is 0 Å². The van der Waals surface area contributed by atoms with Crippen molar-refractivity contribution in [1.29, 1.82) is 0 Å². The largest absolute Gasteiger partial charge is 0.301 e. The monoisotopic (exact) mass is 129 g/mol. The molecule has 1 fully saturated rings. The summed E-state index contributed by atoms with van der Waals surface area (Å²) in [6.45, 7) is 4.39. The van der Waals surface area contributed by atoms with Crippen LogP contribution in [0.15, 0.2) is 0 Å². The second-order valence-electron chi connectivity index (χ2n) is 2.58. The van der Waals surface area contributed by atoms with Crippen molar-refractivity contribution in [1.82, 2.24) is 15.8 Å². The fourth-order valence-electron chi connectivity index (χ4n) is 1.08. The molecule has 1 saturated heterocycles. The van der Waals surface area contributed by atoms with E-state index < -0.39 is 0 Å². The first-order valence-electron chi connectivity index (χ1n) is 3.50. The summed E-state index contributed by atoms with van der Waals surface area (Å²) < 4.78 is 0. The molecule has 1 atom stereocenters. The molecular weight excluding hydrogens is 114 g/mol. The first-order chi connectivity index (χ1) is 4.29. The van der Waals surface area contributed by atoms with Gasteiger partial charge in [-0.05, 0) is 19.9 Å². The van der Waals surface area contributed by atoms with Gasteiger partial charge in [-0.3, -0.25) is 0 Å². The Bertz CT molecular complexity index is 74.4. The van der Waals surface area contributed by atoms with Gasteiger partial charge in [-0.2, -0.15) is 0 Å². The lowest BCUT2D eigenvalue weighted by Crippen LogP contribution is -2.44. The fraction of sp³-hybridized carbons (Fsp3) is 1.00. The number of hydrogen-bond acceptors (Lipinski definition) is 3. The zero-order chi connectivity index (χ0) is 6.69. The minimum Gasteiger partial charge on any atom is -0.301 e. The maximum Gasteiger partial charge on any atom is 0.0677 e. The van der Waals surface area contributed by atoms with Crippen LogP contribution >= 0.6 is 0 Å². The summed E-state index contributed by atoms with van der Waals surface area (Å²) in [5.41, 5.74) is 3.26. The standard InChI is InChI=1S/C6H15N3/c1-6-7-4-3-5-9(2)8-6/h6-8H,3-5H2,1-2H3. The molecule has 0 aliphatic carbocycles. The SMILES string of the molecule is CC1NCCCN(C)N1. The highest BCUT2D eigenvalue weighted by Gasteiger charge is 2.07. The van der Waals surface area contributed by atoms with Gasteiger partial charge >= 0.3 is 0 Å². The van der Waals surface area contributed by atoms with Gasteiger partial charge in [0.25, 0.3) is 0 Å². The number of rotatable bonds is 0. The van der Waals surface area contributed by atoms with Crippen molar-refractivity contribution in [3.8, 4) is 0 Å². The lowest BCUT2D eigenvalue weighted by Gasteiger charge is -2.18. The Labute approximate surface area is 56.4 Å². The van der Waals surface area contributed by atoms with Gasteiger partial charge < -0.3 is 5.32 Å². The second kappa shape index (κ2) is 3.15. The summed E-state index contributed by atoms with van der Waals surface area (Å²) in [5, 5.41) is 5.45. The van der Waals surface area contributed by atoms with Crippen LogP contribution < -0.4 is 10.7 Å². The van der Waals surface area contributed by atoms with E-state index in [-0.39, 0.29) is 0 Å². The minimum absolute atomic E-state index is 0.428. The van der Waals surface area contributed by atoms with Crippen molar-refractivity contribution in [3.05, 3.63) is 0 Å². The third kappa shape index (κ3) is 2.30. The highest BCUT2D eigenvalue weighted by molar-refractivity contribution is 4.61. The molecule has 9 heavy (non-hydrogen) atoms. The average Bonchev–Trinajstić information content (AvgIpc) is 1.93. The first-order valence-corrected chi connectivity index (χ1v) is 3.50. The van der Waals surface area contributed by atoms with Crippen LogP contribution in [0.5, 0.6) is 0 Å². The smallest absolute Gasteiger partial charge is 0.0677 e. The van der Waals surface area contributed by atoms with Gasteiger partial charge in [-0.15, -0.1) is 0 Å². The van der Waals surface area contributed by atoms with Crippen molar-refractivity contribution in [3.63, 3.8) is 0 Å². The Balaban J connectivity index is 2.29. The van der Waals surface area contributed by atoms with Crippen LogP contribution in [-0.4, -0.2) is 31.3 Å². The molecule has 0 aromatic heterocycles. The Morgan fingerprint density at radius 3 is 3.11 bits per heavy atom. The van der Waals surface area contributed by atoms with Gasteiger partial charge in [0.2, 0.25) is 0 Å². The van der Waals surface area contributed by atoms with Gasteiger partial charge in [0.05, 0.1) is 6.17 Å². The van der Waals surface area contributed by atoms with Crippen LogP contribution in [0.3, 0.4) is 0 Å². The molecule has 0 radical (unpaired) electrons. The Kier molecular flexibility index (Phi) is 2.45. The normalized spacial score (nSPS) is 32.0. The molecule has 0 bridgehead atoms. The summed E-state index contributed by atoms with van der Waals surface area (Å²) in [6.07, 6.45) is 1.66. The number of nitrogens with one attached hydrogen (secondary N) is 2. The maximum absolute atomic E-state index is 3.32. The number of nitrogens with zero attached hydrogens (tertiary/aromatic N) is 1. The molecule has 0 aromatic carbocycles. The summed E-state index contributed by atoms with van der Waals surface area (Å²) >= 11 is 0. The summed E-state index contributed by atoms with van der Waals surface area (Å²) in [6, 6.07) is 0. The van der Waals surface area contributed by atoms with E-state index in [0.29, 0.717) is 6.17 Å². The van der Waals surface area contributed by atoms with Crippen LogP contribution in [-0.2, 0) is 0 Å². The van der Waals surface area contributed by atoms with Crippen LogP contribution in [0, 0.1) is 0 Å². The van der Waals surface area contributed by atoms with Crippen LogP contribution in [0.25, 0.3) is 0 Å². The van der Waals surface area contributed by atoms with Gasteiger partial charge in [0.1, 0.15) is 0 Å². The Hall–Kier alpha value is -0.120. The van der Waals surface area contributed by atoms with Crippen LogP contribution in [0.4, 0.5) is 0 Å². The van der Waals surface area contributed by atoms with E-state index in [1.165, 1.54) is 6.42 Å². The molecular formula is C6H15N3. The predicted octanol–water partition coefficient (Wildman–Crippen LogP) is -0.238. The third-order valence-electron chi connectivity index (χ3n) is 1.53. The Morgan fingerprint density at radius 2 is 2.33 bits per heavy atom. The topological polar surface area (TPSA) is 27.3 Å². The summed E-state index contributed by atoms with van der Waals surface area (Å²) in [5.74, 6) is 0.